The van der Waals surface area contributed by atoms with Gasteiger partial charge in [0.15, 0.2) is 0 Å². The number of aliphatic hydroxyl groups is 1. The Balaban J connectivity index is 1.69. The number of benzene rings is 2. The fourth-order valence-electron chi connectivity index (χ4n) is 5.21. The first-order valence-electron chi connectivity index (χ1n) is 9.70. The summed E-state index contributed by atoms with van der Waals surface area (Å²) in [7, 11) is 0. The summed E-state index contributed by atoms with van der Waals surface area (Å²) in [5.41, 5.74) is 8.10. The van der Waals surface area contributed by atoms with Crippen LogP contribution in [0.15, 0.2) is 36.4 Å². The lowest BCUT2D eigenvalue weighted by molar-refractivity contribution is 0.282. The normalized spacial score (nSPS) is 24.6. The topological polar surface area (TPSA) is 35.5 Å². The smallest absolute Gasteiger partial charge is 0.0687 e. The van der Waals surface area contributed by atoms with E-state index in [4.69, 9.17) is 0 Å². The summed E-state index contributed by atoms with van der Waals surface area (Å²) in [6.07, 6.45) is 5.01. The Kier molecular flexibility index (Phi) is 3.79. The second-order valence-electron chi connectivity index (χ2n) is 7.71. The van der Waals surface area contributed by atoms with Crippen molar-refractivity contribution >= 4 is 5.69 Å². The molecule has 0 aliphatic carbocycles. The van der Waals surface area contributed by atoms with Crippen LogP contribution >= 0.6 is 0 Å². The van der Waals surface area contributed by atoms with Gasteiger partial charge < -0.3 is 15.3 Å². The molecule has 25 heavy (non-hydrogen) atoms. The van der Waals surface area contributed by atoms with E-state index in [0.717, 1.165) is 18.7 Å². The van der Waals surface area contributed by atoms with E-state index in [0.29, 0.717) is 12.0 Å². The summed E-state index contributed by atoms with van der Waals surface area (Å²) >= 11 is 0. The molecular formula is C22H26N2O. The van der Waals surface area contributed by atoms with Crippen molar-refractivity contribution in [1.29, 1.82) is 0 Å². The molecule has 0 amide bonds. The number of rotatable bonds is 2. The minimum atomic E-state index is 0.0995. The highest BCUT2D eigenvalue weighted by Gasteiger charge is 2.41. The van der Waals surface area contributed by atoms with E-state index in [2.05, 4.69) is 34.5 Å². The second kappa shape index (κ2) is 6.15. The van der Waals surface area contributed by atoms with Gasteiger partial charge in [-0.05, 0) is 72.2 Å². The molecule has 0 aromatic heterocycles. The van der Waals surface area contributed by atoms with E-state index in [1.54, 1.807) is 11.3 Å². The molecule has 130 valence electrons. The molecule has 2 atom stereocenters. The molecule has 3 aliphatic rings. The van der Waals surface area contributed by atoms with Crippen LogP contribution in [0.1, 0.15) is 41.9 Å². The molecular weight excluding hydrogens is 308 g/mol. The maximum absolute atomic E-state index is 9.77. The number of nitrogens with zero attached hydrogens (tertiary/aromatic N) is 1. The fraction of sp³-hybridized carbons (Fsp3) is 0.455. The first kappa shape index (κ1) is 15.4. The van der Waals surface area contributed by atoms with E-state index in [1.165, 1.54) is 48.9 Å². The minimum Gasteiger partial charge on any atom is -0.392 e. The molecule has 2 aromatic carbocycles. The van der Waals surface area contributed by atoms with E-state index >= 15 is 0 Å². The summed E-state index contributed by atoms with van der Waals surface area (Å²) in [6, 6.07) is 13.8. The van der Waals surface area contributed by atoms with Crippen LogP contribution in [0.4, 0.5) is 5.69 Å². The highest BCUT2D eigenvalue weighted by molar-refractivity contribution is 5.77. The summed E-state index contributed by atoms with van der Waals surface area (Å²) in [5.74, 6) is 0.613. The Bertz CT molecular complexity index is 801. The van der Waals surface area contributed by atoms with E-state index in [9.17, 15) is 5.11 Å². The molecule has 0 spiro atoms. The lowest BCUT2D eigenvalue weighted by Gasteiger charge is -2.33. The first-order valence-corrected chi connectivity index (χ1v) is 9.70. The highest BCUT2D eigenvalue weighted by Crippen LogP contribution is 2.48. The van der Waals surface area contributed by atoms with Crippen molar-refractivity contribution < 1.29 is 5.11 Å². The Hall–Kier alpha value is -1.84. The average molecular weight is 334 g/mol. The average Bonchev–Trinajstić information content (AvgIpc) is 2.83. The van der Waals surface area contributed by atoms with Gasteiger partial charge in [0.25, 0.3) is 0 Å². The molecule has 3 heteroatoms. The van der Waals surface area contributed by atoms with Gasteiger partial charge in [-0.25, -0.2) is 0 Å². The van der Waals surface area contributed by atoms with E-state index in [1.807, 2.05) is 12.1 Å². The zero-order chi connectivity index (χ0) is 16.8. The van der Waals surface area contributed by atoms with Gasteiger partial charge in [-0.1, -0.05) is 24.3 Å². The molecule has 3 aliphatic heterocycles. The number of piperidine rings is 1. The molecule has 3 nitrogen and oxygen atoms in total. The van der Waals surface area contributed by atoms with Crippen LogP contribution in [0, 0.1) is 0 Å². The van der Waals surface area contributed by atoms with Crippen molar-refractivity contribution in [2.24, 2.45) is 0 Å². The van der Waals surface area contributed by atoms with Crippen molar-refractivity contribution in [3.63, 3.8) is 0 Å². The molecule has 0 unspecified atom stereocenters. The molecule has 0 saturated carbocycles. The Morgan fingerprint density at radius 2 is 2.08 bits per heavy atom. The summed E-state index contributed by atoms with van der Waals surface area (Å²) in [5, 5.41) is 13.4. The van der Waals surface area contributed by atoms with Crippen molar-refractivity contribution in [3.8, 4) is 11.1 Å². The number of nitrogens with one attached hydrogen (secondary N) is 1. The van der Waals surface area contributed by atoms with E-state index < -0.39 is 0 Å². The third-order valence-electron chi connectivity index (χ3n) is 6.34. The van der Waals surface area contributed by atoms with Gasteiger partial charge >= 0.3 is 0 Å². The third-order valence-corrected chi connectivity index (χ3v) is 6.34. The first-order chi connectivity index (χ1) is 12.4. The maximum atomic E-state index is 9.77. The number of hydrogen-bond donors (Lipinski definition) is 2. The minimum absolute atomic E-state index is 0.0995. The summed E-state index contributed by atoms with van der Waals surface area (Å²) in [4.78, 5) is 2.73. The lowest BCUT2D eigenvalue weighted by atomic mass is 9.86. The fourth-order valence-corrected chi connectivity index (χ4v) is 5.21. The molecule has 1 fully saturated rings. The van der Waals surface area contributed by atoms with Gasteiger partial charge in [0.1, 0.15) is 0 Å². The number of fused-ring (bicyclic) bond motifs is 3. The molecule has 2 N–H and O–H groups in total. The van der Waals surface area contributed by atoms with Crippen molar-refractivity contribution in [3.05, 3.63) is 53.1 Å². The largest absolute Gasteiger partial charge is 0.392 e. The number of aryl methyl sites for hydroxylation is 1. The van der Waals surface area contributed by atoms with Crippen LogP contribution in [-0.4, -0.2) is 30.8 Å². The maximum Gasteiger partial charge on any atom is 0.0687 e. The lowest BCUT2D eigenvalue weighted by Crippen LogP contribution is -2.44. The zero-order valence-electron chi connectivity index (χ0n) is 14.7. The van der Waals surface area contributed by atoms with Gasteiger partial charge in [-0.3, -0.25) is 0 Å². The summed E-state index contributed by atoms with van der Waals surface area (Å²) in [6.45, 7) is 3.55. The van der Waals surface area contributed by atoms with Crippen LogP contribution in [0.2, 0.25) is 0 Å². The van der Waals surface area contributed by atoms with Gasteiger partial charge in [0.2, 0.25) is 0 Å². The van der Waals surface area contributed by atoms with Crippen LogP contribution in [0.5, 0.6) is 0 Å². The quantitative estimate of drug-likeness (QED) is 0.883. The molecule has 5 rings (SSSR count). The van der Waals surface area contributed by atoms with Gasteiger partial charge in [-0.15, -0.1) is 0 Å². The number of aliphatic hydroxyl groups excluding tert-OH is 1. The van der Waals surface area contributed by atoms with Crippen LogP contribution in [-0.2, 0) is 13.0 Å². The third kappa shape index (κ3) is 2.41. The molecule has 1 saturated heterocycles. The Morgan fingerprint density at radius 3 is 3.00 bits per heavy atom. The predicted molar refractivity (Wildman–Crippen MR) is 102 cm³/mol. The zero-order valence-corrected chi connectivity index (χ0v) is 14.7. The van der Waals surface area contributed by atoms with E-state index in [-0.39, 0.29) is 6.61 Å². The number of hydrogen-bond acceptors (Lipinski definition) is 3. The van der Waals surface area contributed by atoms with Crippen molar-refractivity contribution in [2.75, 3.05) is 24.5 Å². The predicted octanol–water partition coefficient (Wildman–Crippen LogP) is 3.45. The standard InChI is InChI=1S/C22H26N2O/c25-14-16-6-1-2-7-18(16)17-11-15-5-3-4-10-24-21-8-9-23-13-20(21)19(12-17)22(15)24/h1-2,6-7,11-12,20-21,23,25H,3-5,8-10,13-14H2/t20-,21-/m0/s1. The van der Waals surface area contributed by atoms with Gasteiger partial charge in [0.05, 0.1) is 6.61 Å². The Labute approximate surface area is 149 Å². The Morgan fingerprint density at radius 1 is 1.16 bits per heavy atom. The highest BCUT2D eigenvalue weighted by atomic mass is 16.3. The summed E-state index contributed by atoms with van der Waals surface area (Å²) < 4.78 is 0. The van der Waals surface area contributed by atoms with Crippen LogP contribution < -0.4 is 10.2 Å². The van der Waals surface area contributed by atoms with Crippen LogP contribution in [0.3, 0.4) is 0 Å². The molecule has 0 radical (unpaired) electrons. The molecule has 3 heterocycles. The van der Waals surface area contributed by atoms with Crippen LogP contribution in [0.25, 0.3) is 11.1 Å². The van der Waals surface area contributed by atoms with Crippen molar-refractivity contribution in [1.82, 2.24) is 5.32 Å². The van der Waals surface area contributed by atoms with Gasteiger partial charge in [0, 0.05) is 30.7 Å². The number of anilines is 1. The second-order valence-corrected chi connectivity index (χ2v) is 7.71. The van der Waals surface area contributed by atoms with Gasteiger partial charge in [-0.2, -0.15) is 0 Å². The monoisotopic (exact) mass is 334 g/mol. The SMILES string of the molecule is OCc1ccccc1-c1cc2c3c(c1)[C@@H]1CNCC[C@@H]1N3CCCC2. The van der Waals surface area contributed by atoms with Crippen molar-refractivity contribution in [2.45, 2.75) is 44.2 Å². The molecule has 2 aromatic rings. The molecule has 0 bridgehead atoms.